The Kier molecular flexibility index (Phi) is 9.25. The number of phenolic OH excluding ortho intramolecular Hbond substituents is 1. The minimum Gasteiger partial charge on any atom is -0.507 e. The summed E-state index contributed by atoms with van der Waals surface area (Å²) in [6.07, 6.45) is 1.92. The van der Waals surface area contributed by atoms with Crippen molar-refractivity contribution >= 4 is 11.0 Å². The number of hydrogen-bond acceptors (Lipinski definition) is 3. The number of rotatable bonds is 6. The first-order chi connectivity index (χ1) is 26.8. The van der Waals surface area contributed by atoms with Crippen LogP contribution in [0, 0.1) is 13.8 Å². The van der Waals surface area contributed by atoms with E-state index >= 15 is 0 Å². The number of aryl methyl sites for hydroxylation is 1. The lowest BCUT2D eigenvalue weighted by Crippen LogP contribution is -2.11. The average Bonchev–Trinajstić information content (AvgIpc) is 3.58. The molecule has 4 nitrogen and oxygen atoms in total. The molecule has 0 radical (unpaired) electrons. The lowest BCUT2D eigenvalue weighted by molar-refractivity contribution is 0.477. The standard InChI is InChI=1S/C52H49N3O/c1-33-27-42(32-45(34(33)2)36-15-10-9-11-16-36)55-47-19-14-18-43(49(47)54-50(55)44-17-12-13-20-48(44)56)38-28-39(30-41(29-38)52(6,7)8)46-31-37(25-26-53-46)35-21-23-40(24-22-35)51(3,4)5/h9-32,56H,1-8H3. The van der Waals surface area contributed by atoms with Gasteiger partial charge in [-0.25, -0.2) is 4.98 Å². The largest absolute Gasteiger partial charge is 0.507 e. The quantitative estimate of drug-likeness (QED) is 0.185. The van der Waals surface area contributed by atoms with Crippen molar-refractivity contribution in [3.8, 4) is 67.5 Å². The topological polar surface area (TPSA) is 50.9 Å². The van der Waals surface area contributed by atoms with Crippen molar-refractivity contribution in [2.24, 2.45) is 0 Å². The Morgan fingerprint density at radius 1 is 0.518 bits per heavy atom. The number of benzene rings is 6. The molecule has 2 heterocycles. The van der Waals surface area contributed by atoms with Crippen LogP contribution in [0.1, 0.15) is 63.8 Å². The number of para-hydroxylation sites is 2. The monoisotopic (exact) mass is 731 g/mol. The van der Waals surface area contributed by atoms with Crippen molar-refractivity contribution < 1.29 is 5.11 Å². The molecule has 2 aromatic heterocycles. The zero-order valence-electron chi connectivity index (χ0n) is 33.6. The Labute approximate surface area is 331 Å². The molecule has 278 valence electrons. The van der Waals surface area contributed by atoms with Crippen LogP contribution >= 0.6 is 0 Å². The highest BCUT2D eigenvalue weighted by Crippen LogP contribution is 2.41. The van der Waals surface area contributed by atoms with Gasteiger partial charge in [0, 0.05) is 23.0 Å². The molecule has 0 aliphatic heterocycles. The van der Waals surface area contributed by atoms with Crippen LogP contribution in [-0.2, 0) is 10.8 Å². The molecule has 0 fully saturated rings. The third kappa shape index (κ3) is 6.92. The van der Waals surface area contributed by atoms with Gasteiger partial charge < -0.3 is 5.11 Å². The molecule has 8 aromatic rings. The van der Waals surface area contributed by atoms with Gasteiger partial charge in [0.25, 0.3) is 0 Å². The maximum absolute atomic E-state index is 11.3. The Bertz CT molecular complexity index is 2720. The summed E-state index contributed by atoms with van der Waals surface area (Å²) in [6, 6.07) is 48.9. The Morgan fingerprint density at radius 2 is 1.20 bits per heavy atom. The van der Waals surface area contributed by atoms with E-state index in [1.807, 2.05) is 24.4 Å². The lowest BCUT2D eigenvalue weighted by Gasteiger charge is -2.22. The zero-order valence-corrected chi connectivity index (χ0v) is 33.6. The number of fused-ring (bicyclic) bond motifs is 1. The average molecular weight is 732 g/mol. The molecule has 0 aliphatic rings. The summed E-state index contributed by atoms with van der Waals surface area (Å²) in [7, 11) is 0. The SMILES string of the molecule is Cc1cc(-n2c(-c3ccccc3O)nc3c(-c4cc(-c5cc(-c6ccc(C(C)(C)C)cc6)ccn5)cc(C(C)(C)C)c4)cccc32)cc(-c2ccccc2)c1C. The predicted molar refractivity (Wildman–Crippen MR) is 235 cm³/mol. The van der Waals surface area contributed by atoms with Crippen LogP contribution in [0.2, 0.25) is 0 Å². The Balaban J connectivity index is 1.33. The summed E-state index contributed by atoms with van der Waals surface area (Å²) >= 11 is 0. The van der Waals surface area contributed by atoms with Crippen LogP contribution in [0.15, 0.2) is 146 Å². The van der Waals surface area contributed by atoms with Crippen LogP contribution in [0.25, 0.3) is 72.7 Å². The summed E-state index contributed by atoms with van der Waals surface area (Å²) in [5.41, 5.74) is 17.1. The first kappa shape index (κ1) is 36.7. The molecule has 0 saturated heterocycles. The summed E-state index contributed by atoms with van der Waals surface area (Å²) < 4.78 is 2.21. The molecular formula is C52H49N3O. The lowest BCUT2D eigenvalue weighted by atomic mass is 9.83. The van der Waals surface area contributed by atoms with E-state index in [4.69, 9.17) is 9.97 Å². The summed E-state index contributed by atoms with van der Waals surface area (Å²) in [5, 5.41) is 11.3. The number of imidazole rings is 1. The van der Waals surface area contributed by atoms with E-state index in [9.17, 15) is 5.11 Å². The molecule has 6 aromatic carbocycles. The van der Waals surface area contributed by atoms with Gasteiger partial charge in [0.15, 0.2) is 0 Å². The van der Waals surface area contributed by atoms with E-state index in [-0.39, 0.29) is 16.6 Å². The van der Waals surface area contributed by atoms with Crippen LogP contribution in [0.5, 0.6) is 5.75 Å². The molecule has 0 amide bonds. The highest BCUT2D eigenvalue weighted by Gasteiger charge is 2.23. The number of nitrogens with zero attached hydrogens (tertiary/aromatic N) is 3. The van der Waals surface area contributed by atoms with Crippen molar-refractivity contribution in [2.75, 3.05) is 0 Å². The summed E-state index contributed by atoms with van der Waals surface area (Å²) in [6.45, 7) is 17.9. The third-order valence-electron chi connectivity index (χ3n) is 11.1. The molecule has 56 heavy (non-hydrogen) atoms. The number of phenols is 1. The van der Waals surface area contributed by atoms with Crippen LogP contribution in [0.4, 0.5) is 0 Å². The van der Waals surface area contributed by atoms with Crippen molar-refractivity contribution in [1.82, 2.24) is 14.5 Å². The molecule has 0 spiro atoms. The summed E-state index contributed by atoms with van der Waals surface area (Å²) in [4.78, 5) is 10.3. The normalized spacial score (nSPS) is 12.0. The van der Waals surface area contributed by atoms with Crippen molar-refractivity contribution in [3.05, 3.63) is 168 Å². The second-order valence-corrected chi connectivity index (χ2v) is 17.1. The number of aromatic nitrogens is 3. The molecule has 0 atom stereocenters. The first-order valence-corrected chi connectivity index (χ1v) is 19.5. The number of aromatic hydroxyl groups is 1. The van der Waals surface area contributed by atoms with Crippen LogP contribution in [0.3, 0.4) is 0 Å². The van der Waals surface area contributed by atoms with E-state index in [0.717, 1.165) is 50.2 Å². The fourth-order valence-electron chi connectivity index (χ4n) is 7.62. The Hall–Kier alpha value is -6.26. The third-order valence-corrected chi connectivity index (χ3v) is 11.1. The maximum atomic E-state index is 11.3. The van der Waals surface area contributed by atoms with Gasteiger partial charge in [-0.3, -0.25) is 9.55 Å². The maximum Gasteiger partial charge on any atom is 0.149 e. The van der Waals surface area contributed by atoms with E-state index in [0.29, 0.717) is 11.4 Å². The van der Waals surface area contributed by atoms with Crippen molar-refractivity contribution in [2.45, 2.75) is 66.2 Å². The van der Waals surface area contributed by atoms with Gasteiger partial charge in [-0.05, 0) is 129 Å². The van der Waals surface area contributed by atoms with Crippen molar-refractivity contribution in [1.29, 1.82) is 0 Å². The minimum absolute atomic E-state index is 0.0941. The van der Waals surface area contributed by atoms with Gasteiger partial charge >= 0.3 is 0 Å². The molecule has 1 N–H and O–H groups in total. The fourth-order valence-corrected chi connectivity index (χ4v) is 7.62. The van der Waals surface area contributed by atoms with E-state index in [2.05, 4.69) is 175 Å². The highest BCUT2D eigenvalue weighted by atomic mass is 16.3. The van der Waals surface area contributed by atoms with E-state index in [1.165, 1.54) is 33.4 Å². The van der Waals surface area contributed by atoms with Gasteiger partial charge in [0.1, 0.15) is 11.6 Å². The van der Waals surface area contributed by atoms with Gasteiger partial charge in [0.2, 0.25) is 0 Å². The molecule has 8 rings (SSSR count). The number of pyridine rings is 1. The molecule has 4 heteroatoms. The van der Waals surface area contributed by atoms with E-state index in [1.54, 1.807) is 6.07 Å². The van der Waals surface area contributed by atoms with Gasteiger partial charge in [0.05, 0.1) is 22.3 Å². The molecular weight excluding hydrogens is 683 g/mol. The van der Waals surface area contributed by atoms with E-state index < -0.39 is 0 Å². The summed E-state index contributed by atoms with van der Waals surface area (Å²) in [5.74, 6) is 0.876. The molecule has 0 unspecified atom stereocenters. The zero-order chi connectivity index (χ0) is 39.4. The predicted octanol–water partition coefficient (Wildman–Crippen LogP) is 13.7. The second kappa shape index (κ2) is 14.1. The fraction of sp³-hybridized carbons (Fsp3) is 0.192. The van der Waals surface area contributed by atoms with Gasteiger partial charge in [-0.15, -0.1) is 0 Å². The molecule has 0 aliphatic carbocycles. The first-order valence-electron chi connectivity index (χ1n) is 19.5. The molecule has 0 saturated carbocycles. The van der Waals surface area contributed by atoms with Gasteiger partial charge in [-0.1, -0.05) is 126 Å². The van der Waals surface area contributed by atoms with Crippen molar-refractivity contribution in [3.63, 3.8) is 0 Å². The smallest absolute Gasteiger partial charge is 0.149 e. The minimum atomic E-state index is -0.118. The van der Waals surface area contributed by atoms with Gasteiger partial charge in [-0.2, -0.15) is 0 Å². The highest BCUT2D eigenvalue weighted by molar-refractivity contribution is 5.97. The number of hydrogen-bond donors (Lipinski definition) is 1. The van der Waals surface area contributed by atoms with Crippen LogP contribution in [-0.4, -0.2) is 19.6 Å². The molecule has 0 bridgehead atoms. The van der Waals surface area contributed by atoms with Crippen LogP contribution < -0.4 is 0 Å². The second-order valence-electron chi connectivity index (χ2n) is 17.1. The Morgan fingerprint density at radius 3 is 1.91 bits per heavy atom.